The number of hydrogen-bond donors (Lipinski definition) is 2. The Morgan fingerprint density at radius 3 is 2.32 bits per heavy atom. The molecule has 0 aliphatic carbocycles. The number of para-hydroxylation sites is 1. The van der Waals surface area contributed by atoms with Gasteiger partial charge in [-0.2, -0.15) is 0 Å². The van der Waals surface area contributed by atoms with E-state index in [1.54, 1.807) is 11.3 Å². The number of carboxylic acids is 2. The number of aliphatic carboxylic acids is 2. The zero-order valence-electron chi connectivity index (χ0n) is 21.5. The molecule has 1 aliphatic heterocycles. The summed E-state index contributed by atoms with van der Waals surface area (Å²) in [5.74, 6) is -1.21. The summed E-state index contributed by atoms with van der Waals surface area (Å²) in [5.41, 5.74) is 2.22. The molecular formula is C29H31N3O5S. The SMILES string of the molecule is Cc1cc2c(N3CCN(C)[C@@H](Cc4ccccc4)C3)nc3ccccc3c(=O)c2s1.O=C(O)CCC(=O)O. The van der Waals surface area contributed by atoms with Crippen molar-refractivity contribution in [1.29, 1.82) is 0 Å². The van der Waals surface area contributed by atoms with Gasteiger partial charge in [-0.15, -0.1) is 11.3 Å². The second-order valence-electron chi connectivity index (χ2n) is 9.44. The average Bonchev–Trinajstić information content (AvgIpc) is 3.25. The van der Waals surface area contributed by atoms with E-state index < -0.39 is 11.9 Å². The molecule has 5 rings (SSSR count). The maximum atomic E-state index is 13.2. The number of fused-ring (bicyclic) bond motifs is 2. The first-order valence-electron chi connectivity index (χ1n) is 12.5. The van der Waals surface area contributed by atoms with E-state index in [2.05, 4.69) is 60.2 Å². The molecule has 198 valence electrons. The van der Waals surface area contributed by atoms with Crippen LogP contribution in [0.1, 0.15) is 23.3 Å². The highest BCUT2D eigenvalue weighted by molar-refractivity contribution is 7.19. The minimum absolute atomic E-state index is 0.0902. The zero-order chi connectivity index (χ0) is 27.2. The molecule has 1 atom stereocenters. The number of benzene rings is 2. The van der Waals surface area contributed by atoms with Gasteiger partial charge in [0.1, 0.15) is 5.82 Å². The van der Waals surface area contributed by atoms with E-state index >= 15 is 0 Å². The second-order valence-corrected chi connectivity index (χ2v) is 10.7. The normalized spacial score (nSPS) is 15.7. The van der Waals surface area contributed by atoms with Crippen LogP contribution in [-0.2, 0) is 16.0 Å². The number of carboxylic acid groups (broad SMARTS) is 2. The Kier molecular flexibility index (Phi) is 8.70. The molecule has 0 bridgehead atoms. The molecule has 0 radical (unpaired) electrons. The van der Waals surface area contributed by atoms with Crippen molar-refractivity contribution in [3.8, 4) is 0 Å². The van der Waals surface area contributed by atoms with Crippen molar-refractivity contribution in [2.45, 2.75) is 32.2 Å². The third-order valence-electron chi connectivity index (χ3n) is 6.62. The number of piperazine rings is 1. The molecule has 1 fully saturated rings. The summed E-state index contributed by atoms with van der Waals surface area (Å²) >= 11 is 1.58. The number of thiophene rings is 1. The maximum absolute atomic E-state index is 13.2. The van der Waals surface area contributed by atoms with Crippen molar-refractivity contribution in [2.75, 3.05) is 31.6 Å². The minimum atomic E-state index is -1.08. The lowest BCUT2D eigenvalue weighted by Gasteiger charge is -2.40. The quantitative estimate of drug-likeness (QED) is 0.375. The molecule has 2 N–H and O–H groups in total. The molecule has 4 aromatic rings. The fraction of sp³-hybridized carbons (Fsp3) is 0.310. The van der Waals surface area contributed by atoms with Crippen LogP contribution < -0.4 is 10.3 Å². The Balaban J connectivity index is 0.000000368. The van der Waals surface area contributed by atoms with Gasteiger partial charge < -0.3 is 15.1 Å². The van der Waals surface area contributed by atoms with E-state index in [1.807, 2.05) is 24.3 Å². The minimum Gasteiger partial charge on any atom is -0.481 e. The number of nitrogens with zero attached hydrogens (tertiary/aromatic N) is 3. The van der Waals surface area contributed by atoms with Crippen LogP contribution in [0.15, 0.2) is 65.5 Å². The fourth-order valence-corrected chi connectivity index (χ4v) is 5.57. The van der Waals surface area contributed by atoms with Crippen LogP contribution in [0.2, 0.25) is 0 Å². The van der Waals surface area contributed by atoms with Crippen molar-refractivity contribution in [3.63, 3.8) is 0 Å². The number of rotatable bonds is 6. The summed E-state index contributed by atoms with van der Waals surface area (Å²) in [4.78, 5) is 43.5. The molecule has 8 nitrogen and oxygen atoms in total. The Morgan fingerprint density at radius 1 is 0.974 bits per heavy atom. The summed E-state index contributed by atoms with van der Waals surface area (Å²) in [6.07, 6.45) is 0.414. The number of aryl methyl sites for hydroxylation is 1. The Labute approximate surface area is 224 Å². The van der Waals surface area contributed by atoms with E-state index in [1.165, 1.54) is 5.56 Å². The highest BCUT2D eigenvalue weighted by Gasteiger charge is 2.27. The van der Waals surface area contributed by atoms with Crippen molar-refractivity contribution >= 4 is 50.1 Å². The first-order valence-corrected chi connectivity index (χ1v) is 13.3. The Hall–Kier alpha value is -3.82. The molecule has 1 aliphatic rings. The molecule has 2 aromatic carbocycles. The number of anilines is 1. The van der Waals surface area contributed by atoms with E-state index in [0.717, 1.165) is 52.4 Å². The molecule has 38 heavy (non-hydrogen) atoms. The molecular weight excluding hydrogens is 502 g/mol. The van der Waals surface area contributed by atoms with Crippen LogP contribution in [0.5, 0.6) is 0 Å². The van der Waals surface area contributed by atoms with E-state index in [4.69, 9.17) is 15.2 Å². The van der Waals surface area contributed by atoms with Crippen LogP contribution in [0.4, 0.5) is 5.82 Å². The highest BCUT2D eigenvalue weighted by atomic mass is 32.1. The van der Waals surface area contributed by atoms with Crippen molar-refractivity contribution in [1.82, 2.24) is 9.88 Å². The van der Waals surface area contributed by atoms with Gasteiger partial charge in [0.25, 0.3) is 0 Å². The fourth-order valence-electron chi connectivity index (χ4n) is 4.61. The van der Waals surface area contributed by atoms with Gasteiger partial charge in [-0.3, -0.25) is 19.3 Å². The number of hydrogen-bond acceptors (Lipinski definition) is 7. The lowest BCUT2D eigenvalue weighted by Crippen LogP contribution is -2.52. The van der Waals surface area contributed by atoms with Gasteiger partial charge in [0, 0.05) is 41.3 Å². The van der Waals surface area contributed by atoms with Crippen LogP contribution in [0, 0.1) is 6.92 Å². The van der Waals surface area contributed by atoms with Gasteiger partial charge in [-0.25, -0.2) is 4.98 Å². The second kappa shape index (κ2) is 12.1. The smallest absolute Gasteiger partial charge is 0.303 e. The molecule has 0 unspecified atom stereocenters. The first-order chi connectivity index (χ1) is 18.2. The van der Waals surface area contributed by atoms with Crippen molar-refractivity contribution in [3.05, 3.63) is 81.3 Å². The molecule has 3 heterocycles. The topological polar surface area (TPSA) is 111 Å². The van der Waals surface area contributed by atoms with Gasteiger partial charge in [0.15, 0.2) is 0 Å². The number of likely N-dealkylation sites (N-methyl/N-ethyl adjacent to an activating group) is 1. The van der Waals surface area contributed by atoms with Gasteiger partial charge in [0.2, 0.25) is 5.43 Å². The molecule has 0 amide bonds. The van der Waals surface area contributed by atoms with Crippen LogP contribution >= 0.6 is 11.3 Å². The van der Waals surface area contributed by atoms with Crippen LogP contribution in [0.3, 0.4) is 0 Å². The Bertz CT molecular complexity index is 1490. The Morgan fingerprint density at radius 2 is 1.63 bits per heavy atom. The standard InChI is InChI=1S/C25H25N3OS.C4H6O4/c1-17-14-21-24(30-17)23(29)20-10-6-7-11-22(20)26-25(21)28-13-12-27(2)19(16-28)15-18-8-4-3-5-9-18;5-3(6)1-2-4(7)8/h3-11,14,19H,12-13,15-16H2,1-2H3;1-2H2,(H,5,6)(H,7,8)/t19-;/m0./s1. The predicted octanol–water partition coefficient (Wildman–Crippen LogP) is 4.42. The molecule has 0 saturated carbocycles. The summed E-state index contributed by atoms with van der Waals surface area (Å²) in [5, 5.41) is 17.5. The summed E-state index contributed by atoms with van der Waals surface area (Å²) in [6.45, 7) is 4.85. The average molecular weight is 534 g/mol. The largest absolute Gasteiger partial charge is 0.481 e. The number of aromatic nitrogens is 1. The predicted molar refractivity (Wildman–Crippen MR) is 151 cm³/mol. The first kappa shape index (κ1) is 27.2. The summed E-state index contributed by atoms with van der Waals surface area (Å²) in [6, 6.07) is 20.9. The zero-order valence-corrected chi connectivity index (χ0v) is 22.3. The highest BCUT2D eigenvalue weighted by Crippen LogP contribution is 2.32. The van der Waals surface area contributed by atoms with Gasteiger partial charge in [-0.05, 0) is 44.2 Å². The molecule has 2 aromatic heterocycles. The van der Waals surface area contributed by atoms with Crippen LogP contribution in [0.25, 0.3) is 21.0 Å². The van der Waals surface area contributed by atoms with Gasteiger partial charge >= 0.3 is 11.9 Å². The molecule has 1 saturated heterocycles. The third kappa shape index (κ3) is 6.54. The lowest BCUT2D eigenvalue weighted by atomic mass is 10.0. The summed E-state index contributed by atoms with van der Waals surface area (Å²) < 4.78 is 0.815. The van der Waals surface area contributed by atoms with Crippen molar-refractivity contribution < 1.29 is 19.8 Å². The monoisotopic (exact) mass is 533 g/mol. The van der Waals surface area contributed by atoms with Crippen molar-refractivity contribution in [2.24, 2.45) is 0 Å². The lowest BCUT2D eigenvalue weighted by molar-refractivity contribution is -0.143. The summed E-state index contributed by atoms with van der Waals surface area (Å²) in [7, 11) is 2.21. The molecule has 9 heteroatoms. The molecule has 0 spiro atoms. The van der Waals surface area contributed by atoms with Gasteiger partial charge in [0.05, 0.1) is 23.1 Å². The number of carbonyl (C=O) groups is 2. The maximum Gasteiger partial charge on any atom is 0.303 e. The van der Waals surface area contributed by atoms with E-state index in [-0.39, 0.29) is 18.3 Å². The van der Waals surface area contributed by atoms with Crippen LogP contribution in [-0.4, -0.2) is 64.8 Å². The van der Waals surface area contributed by atoms with E-state index in [9.17, 15) is 14.4 Å². The van der Waals surface area contributed by atoms with E-state index in [0.29, 0.717) is 11.4 Å². The van der Waals surface area contributed by atoms with Gasteiger partial charge in [-0.1, -0.05) is 42.5 Å². The third-order valence-corrected chi connectivity index (χ3v) is 7.67.